The average Bonchev–Trinajstić information content (AvgIpc) is 3.20. The fourth-order valence-electron chi connectivity index (χ4n) is 4.53. The van der Waals surface area contributed by atoms with Gasteiger partial charge in [0.15, 0.2) is 5.16 Å². The van der Waals surface area contributed by atoms with Gasteiger partial charge in [-0.2, -0.15) is 0 Å². The molecule has 2 aliphatic rings. The largest absolute Gasteiger partial charge is 0.394 e. The summed E-state index contributed by atoms with van der Waals surface area (Å²) in [5.41, 5.74) is 3.15. The summed E-state index contributed by atoms with van der Waals surface area (Å²) in [5.74, 6) is 1.79. The summed E-state index contributed by atoms with van der Waals surface area (Å²) in [7, 11) is 0. The van der Waals surface area contributed by atoms with Crippen LogP contribution in [0.25, 0.3) is 20.4 Å². The number of rotatable bonds is 6. The topological polar surface area (TPSA) is 92.6 Å². The molecule has 0 unspecified atom stereocenters. The maximum Gasteiger partial charge on any atom is 0.189 e. The number of hydrogen-bond donors (Lipinski definition) is 2. The van der Waals surface area contributed by atoms with Crippen LogP contribution >= 0.6 is 23.1 Å². The van der Waals surface area contributed by atoms with E-state index in [0.717, 1.165) is 63.2 Å². The van der Waals surface area contributed by atoms with Crippen molar-refractivity contribution >= 4 is 55.2 Å². The quantitative estimate of drug-likeness (QED) is 0.396. The lowest BCUT2D eigenvalue weighted by atomic mass is 9.90. The molecule has 0 aliphatic carbocycles. The van der Waals surface area contributed by atoms with Crippen LogP contribution in [-0.4, -0.2) is 70.9 Å². The molecule has 10 heteroatoms. The highest BCUT2D eigenvalue weighted by Crippen LogP contribution is 2.44. The fourth-order valence-corrected chi connectivity index (χ4v) is 5.99. The lowest BCUT2D eigenvalue weighted by Crippen LogP contribution is -2.39. The third-order valence-electron chi connectivity index (χ3n) is 6.39. The number of nitrogens with one attached hydrogen (secondary N) is 1. The summed E-state index contributed by atoms with van der Waals surface area (Å²) in [5, 5.41) is 15.1. The molecular formula is C23H31N5O3S2. The predicted octanol–water partition coefficient (Wildman–Crippen LogP) is 3.83. The van der Waals surface area contributed by atoms with Gasteiger partial charge in [0.1, 0.15) is 16.5 Å². The predicted molar refractivity (Wildman–Crippen MR) is 135 cm³/mol. The number of aliphatic hydroxyl groups is 1. The van der Waals surface area contributed by atoms with Crippen LogP contribution < -0.4 is 10.2 Å². The van der Waals surface area contributed by atoms with Crippen LogP contribution in [0, 0.1) is 0 Å². The number of aliphatic hydroxyl groups excluding tert-OH is 1. The van der Waals surface area contributed by atoms with Crippen LogP contribution in [0.1, 0.15) is 38.3 Å². The molecule has 8 nitrogen and oxygen atoms in total. The summed E-state index contributed by atoms with van der Waals surface area (Å²) in [6, 6.07) is -0.0545. The number of nitrogens with zero attached hydrogens (tertiary/aromatic N) is 4. The van der Waals surface area contributed by atoms with E-state index < -0.39 is 0 Å². The molecule has 1 saturated heterocycles. The van der Waals surface area contributed by atoms with Gasteiger partial charge < -0.3 is 24.8 Å². The van der Waals surface area contributed by atoms with Gasteiger partial charge in [0.25, 0.3) is 0 Å². The summed E-state index contributed by atoms with van der Waals surface area (Å²) >= 11 is 3.16. The van der Waals surface area contributed by atoms with E-state index in [1.54, 1.807) is 11.3 Å². The van der Waals surface area contributed by atoms with Crippen molar-refractivity contribution in [1.82, 2.24) is 15.0 Å². The van der Waals surface area contributed by atoms with Crippen LogP contribution in [0.2, 0.25) is 0 Å². The Morgan fingerprint density at radius 1 is 1.21 bits per heavy atom. The second kappa shape index (κ2) is 9.14. The first-order chi connectivity index (χ1) is 15.9. The maximum atomic E-state index is 9.77. The third-order valence-corrected chi connectivity index (χ3v) is 8.02. The molecule has 3 aromatic heterocycles. The Balaban J connectivity index is 1.77. The number of hydrogen-bond acceptors (Lipinski definition) is 10. The van der Waals surface area contributed by atoms with Crippen LogP contribution in [0.5, 0.6) is 0 Å². The third kappa shape index (κ3) is 4.27. The van der Waals surface area contributed by atoms with Gasteiger partial charge in [0.05, 0.1) is 48.3 Å². The summed E-state index contributed by atoms with van der Waals surface area (Å²) in [6.07, 6.45) is 3.60. The summed E-state index contributed by atoms with van der Waals surface area (Å²) < 4.78 is 12.8. The van der Waals surface area contributed by atoms with E-state index in [1.807, 2.05) is 6.26 Å². The molecule has 2 aliphatic heterocycles. The van der Waals surface area contributed by atoms with Gasteiger partial charge in [-0.15, -0.1) is 11.3 Å². The number of morpholine rings is 1. The fraction of sp³-hybridized carbons (Fsp3) is 0.609. The van der Waals surface area contributed by atoms with E-state index >= 15 is 0 Å². The first kappa shape index (κ1) is 23.0. The zero-order valence-corrected chi connectivity index (χ0v) is 21.2. The highest BCUT2D eigenvalue weighted by Gasteiger charge is 2.33. The molecule has 5 heterocycles. The lowest BCUT2D eigenvalue weighted by molar-refractivity contribution is -0.0396. The Hall–Kier alpha value is -1.72. The molecule has 0 amide bonds. The number of pyridine rings is 1. The van der Waals surface area contributed by atoms with Crippen molar-refractivity contribution in [2.24, 2.45) is 0 Å². The maximum absolute atomic E-state index is 9.77. The minimum Gasteiger partial charge on any atom is -0.394 e. The summed E-state index contributed by atoms with van der Waals surface area (Å²) in [4.78, 5) is 18.2. The van der Waals surface area contributed by atoms with Gasteiger partial charge >= 0.3 is 0 Å². The van der Waals surface area contributed by atoms with Crippen LogP contribution in [-0.2, 0) is 22.5 Å². The normalized spacial score (nSPS) is 19.1. The van der Waals surface area contributed by atoms with Gasteiger partial charge in [-0.25, -0.2) is 15.0 Å². The molecule has 1 fully saturated rings. The van der Waals surface area contributed by atoms with E-state index in [1.165, 1.54) is 22.9 Å². The molecule has 0 bridgehead atoms. The zero-order chi connectivity index (χ0) is 23.2. The molecule has 0 radical (unpaired) electrons. The van der Waals surface area contributed by atoms with E-state index in [2.05, 4.69) is 31.0 Å². The van der Waals surface area contributed by atoms with Gasteiger partial charge in [-0.3, -0.25) is 0 Å². The lowest BCUT2D eigenvalue weighted by Gasteiger charge is -2.36. The Labute approximate surface area is 202 Å². The van der Waals surface area contributed by atoms with Crippen LogP contribution in [0.15, 0.2) is 5.16 Å². The molecule has 2 N–H and O–H groups in total. The Morgan fingerprint density at radius 2 is 2.00 bits per heavy atom. The van der Waals surface area contributed by atoms with Gasteiger partial charge in [0, 0.05) is 30.5 Å². The Bertz CT molecular complexity index is 1170. The second-order valence-electron chi connectivity index (χ2n) is 9.17. The van der Waals surface area contributed by atoms with E-state index in [-0.39, 0.29) is 18.2 Å². The van der Waals surface area contributed by atoms with Crippen molar-refractivity contribution in [3.63, 3.8) is 0 Å². The van der Waals surface area contributed by atoms with E-state index in [9.17, 15) is 5.11 Å². The molecule has 0 saturated carbocycles. The molecule has 3 aromatic rings. The van der Waals surface area contributed by atoms with Crippen molar-refractivity contribution in [3.05, 3.63) is 11.1 Å². The van der Waals surface area contributed by atoms with Crippen molar-refractivity contribution in [2.75, 3.05) is 49.4 Å². The molecule has 1 atom stereocenters. The van der Waals surface area contributed by atoms with Crippen molar-refractivity contribution in [3.8, 4) is 0 Å². The first-order valence-electron chi connectivity index (χ1n) is 11.5. The molecular weight excluding hydrogens is 458 g/mol. The van der Waals surface area contributed by atoms with Crippen LogP contribution in [0.4, 0.5) is 11.6 Å². The minimum atomic E-state index is -0.252. The highest BCUT2D eigenvalue weighted by molar-refractivity contribution is 7.98. The summed E-state index contributed by atoms with van der Waals surface area (Å²) in [6.45, 7) is 10.0. The van der Waals surface area contributed by atoms with Crippen molar-refractivity contribution in [2.45, 2.75) is 57.0 Å². The van der Waals surface area contributed by atoms with Gasteiger partial charge in [0.2, 0.25) is 0 Å². The molecule has 0 aromatic carbocycles. The molecule has 178 valence electrons. The van der Waals surface area contributed by atoms with Gasteiger partial charge in [-0.1, -0.05) is 18.7 Å². The number of thiophene rings is 1. The van der Waals surface area contributed by atoms with Crippen molar-refractivity contribution < 1.29 is 14.6 Å². The Morgan fingerprint density at radius 3 is 2.70 bits per heavy atom. The number of fused-ring (bicyclic) bond motifs is 5. The number of ether oxygens (including phenoxy) is 2. The number of anilines is 2. The Kier molecular flexibility index (Phi) is 6.39. The smallest absolute Gasteiger partial charge is 0.189 e. The van der Waals surface area contributed by atoms with E-state index in [4.69, 9.17) is 24.4 Å². The van der Waals surface area contributed by atoms with E-state index in [0.29, 0.717) is 19.8 Å². The van der Waals surface area contributed by atoms with Gasteiger partial charge in [-0.05, 0) is 32.1 Å². The SMILES string of the molecule is CC[C@@H](CO)Nc1nc(SC)nc2c1sc1nc(N3CCOCC3)c3c(c12)CC(C)(C)OC3. The molecule has 0 spiro atoms. The average molecular weight is 490 g/mol. The monoisotopic (exact) mass is 489 g/mol. The standard InChI is InChI=1S/C23H31N5O3S2/c1-5-13(11-29)24-19-18-17(25-22(26-19)32-4)16-14-10-23(2,3)31-12-15(14)20(27-21(16)33-18)28-6-8-30-9-7-28/h13,29H,5-12H2,1-4H3,(H,24,25,26)/t13-/m0/s1. The molecule has 5 rings (SSSR count). The minimum absolute atomic E-state index is 0.0545. The van der Waals surface area contributed by atoms with Crippen molar-refractivity contribution in [1.29, 1.82) is 0 Å². The molecule has 33 heavy (non-hydrogen) atoms. The highest BCUT2D eigenvalue weighted by atomic mass is 32.2. The number of thioether (sulfide) groups is 1. The second-order valence-corrected chi connectivity index (χ2v) is 10.9. The number of aromatic nitrogens is 3. The first-order valence-corrected chi connectivity index (χ1v) is 13.5. The zero-order valence-electron chi connectivity index (χ0n) is 19.6. The van der Waals surface area contributed by atoms with Crippen LogP contribution in [0.3, 0.4) is 0 Å².